The molecule has 22 heavy (non-hydrogen) atoms. The third kappa shape index (κ3) is 4.61. The summed E-state index contributed by atoms with van der Waals surface area (Å²) in [5.41, 5.74) is 3.38. The molecule has 0 unspecified atom stereocenters. The molecule has 0 saturated heterocycles. The molecule has 0 atom stereocenters. The Kier molecular flexibility index (Phi) is 6.04. The number of carbonyl (C=O) groups is 1. The second-order valence-electron chi connectivity index (χ2n) is 5.35. The fourth-order valence-electron chi connectivity index (χ4n) is 2.32. The Balaban J connectivity index is 1.93. The first-order chi connectivity index (χ1) is 10.6. The highest BCUT2D eigenvalue weighted by atomic mass is 32.2. The van der Waals surface area contributed by atoms with Gasteiger partial charge in [-0.25, -0.2) is 0 Å². The van der Waals surface area contributed by atoms with Crippen molar-refractivity contribution in [1.29, 1.82) is 0 Å². The lowest BCUT2D eigenvalue weighted by molar-refractivity contribution is -0.117. The lowest BCUT2D eigenvalue weighted by Crippen LogP contribution is -2.30. The molecule has 0 spiro atoms. The Labute approximate surface area is 136 Å². The molecule has 0 aliphatic heterocycles. The zero-order valence-corrected chi connectivity index (χ0v) is 14.1. The monoisotopic (exact) mass is 314 g/mol. The molecule has 0 saturated carbocycles. The molecule has 116 valence electrons. The standard InChI is InChI=1S/C18H22N2OS/c1-14-8-4-5-9-15(14)12-20(2)13-18(21)19-16-10-6-7-11-17(16)22-3/h4-11H,12-13H2,1-3H3,(H,19,21). The van der Waals surface area contributed by atoms with Crippen molar-refractivity contribution in [2.45, 2.75) is 18.4 Å². The number of rotatable bonds is 6. The van der Waals surface area contributed by atoms with Gasteiger partial charge in [-0.2, -0.15) is 0 Å². The fraction of sp³-hybridized carbons (Fsp3) is 0.278. The highest BCUT2D eigenvalue weighted by Gasteiger charge is 2.10. The van der Waals surface area contributed by atoms with E-state index >= 15 is 0 Å². The van der Waals surface area contributed by atoms with Crippen LogP contribution in [-0.2, 0) is 11.3 Å². The van der Waals surface area contributed by atoms with Crippen LogP contribution in [0, 0.1) is 6.92 Å². The fourth-order valence-corrected chi connectivity index (χ4v) is 2.87. The first-order valence-electron chi connectivity index (χ1n) is 7.26. The Morgan fingerprint density at radius 3 is 2.55 bits per heavy atom. The second-order valence-corrected chi connectivity index (χ2v) is 6.20. The first kappa shape index (κ1) is 16.6. The number of carbonyl (C=O) groups excluding carboxylic acids is 1. The lowest BCUT2D eigenvalue weighted by atomic mass is 10.1. The van der Waals surface area contributed by atoms with Crippen molar-refractivity contribution in [3.63, 3.8) is 0 Å². The molecule has 0 bridgehead atoms. The van der Waals surface area contributed by atoms with E-state index in [0.717, 1.165) is 17.1 Å². The number of nitrogens with one attached hydrogen (secondary N) is 1. The van der Waals surface area contributed by atoms with Crippen LogP contribution < -0.4 is 5.32 Å². The number of benzene rings is 2. The summed E-state index contributed by atoms with van der Waals surface area (Å²) in [5, 5.41) is 2.99. The van der Waals surface area contributed by atoms with Crippen molar-refractivity contribution < 1.29 is 4.79 Å². The van der Waals surface area contributed by atoms with E-state index in [4.69, 9.17) is 0 Å². The first-order valence-corrected chi connectivity index (χ1v) is 8.48. The minimum atomic E-state index is 0.0117. The van der Waals surface area contributed by atoms with Crippen molar-refractivity contribution in [2.24, 2.45) is 0 Å². The van der Waals surface area contributed by atoms with Crippen LogP contribution in [0.15, 0.2) is 53.4 Å². The zero-order chi connectivity index (χ0) is 15.9. The number of para-hydroxylation sites is 1. The van der Waals surface area contributed by atoms with Crippen molar-refractivity contribution in [3.05, 3.63) is 59.7 Å². The number of hydrogen-bond donors (Lipinski definition) is 1. The maximum Gasteiger partial charge on any atom is 0.238 e. The van der Waals surface area contributed by atoms with Gasteiger partial charge in [0.2, 0.25) is 5.91 Å². The van der Waals surface area contributed by atoms with E-state index in [9.17, 15) is 4.79 Å². The van der Waals surface area contributed by atoms with Gasteiger partial charge in [0, 0.05) is 11.4 Å². The normalized spacial score (nSPS) is 10.7. The van der Waals surface area contributed by atoms with Gasteiger partial charge in [-0.05, 0) is 43.5 Å². The molecule has 0 fully saturated rings. The minimum absolute atomic E-state index is 0.0117. The van der Waals surface area contributed by atoms with E-state index in [-0.39, 0.29) is 5.91 Å². The Hall–Kier alpha value is -1.78. The average Bonchev–Trinajstić information content (AvgIpc) is 2.50. The predicted octanol–water partition coefficient (Wildman–Crippen LogP) is 3.79. The molecule has 2 aromatic carbocycles. The summed E-state index contributed by atoms with van der Waals surface area (Å²) >= 11 is 1.63. The summed E-state index contributed by atoms with van der Waals surface area (Å²) in [6, 6.07) is 16.1. The van der Waals surface area contributed by atoms with Crippen molar-refractivity contribution >= 4 is 23.4 Å². The van der Waals surface area contributed by atoms with Crippen LogP contribution in [-0.4, -0.2) is 30.7 Å². The summed E-state index contributed by atoms with van der Waals surface area (Å²) in [6.07, 6.45) is 2.01. The molecular weight excluding hydrogens is 292 g/mol. The van der Waals surface area contributed by atoms with Gasteiger partial charge in [0.05, 0.1) is 12.2 Å². The van der Waals surface area contributed by atoms with E-state index in [1.54, 1.807) is 11.8 Å². The third-order valence-electron chi connectivity index (χ3n) is 3.50. The van der Waals surface area contributed by atoms with E-state index < -0.39 is 0 Å². The number of hydrogen-bond acceptors (Lipinski definition) is 3. The summed E-state index contributed by atoms with van der Waals surface area (Å²) in [6.45, 7) is 3.24. The molecule has 0 heterocycles. The van der Waals surface area contributed by atoms with E-state index in [1.807, 2.05) is 54.6 Å². The van der Waals surface area contributed by atoms with Gasteiger partial charge < -0.3 is 5.32 Å². The van der Waals surface area contributed by atoms with E-state index in [0.29, 0.717) is 6.54 Å². The molecule has 1 amide bonds. The van der Waals surface area contributed by atoms with Crippen LogP contribution in [0.2, 0.25) is 0 Å². The number of aryl methyl sites for hydroxylation is 1. The Morgan fingerprint density at radius 2 is 1.82 bits per heavy atom. The quantitative estimate of drug-likeness (QED) is 0.823. The molecule has 2 rings (SSSR count). The van der Waals surface area contributed by atoms with Crippen LogP contribution in [0.5, 0.6) is 0 Å². The molecule has 2 aromatic rings. The second kappa shape index (κ2) is 8.01. The van der Waals surface area contributed by atoms with Gasteiger partial charge in [-0.1, -0.05) is 36.4 Å². The smallest absolute Gasteiger partial charge is 0.238 e. The number of anilines is 1. The minimum Gasteiger partial charge on any atom is -0.324 e. The summed E-state index contributed by atoms with van der Waals surface area (Å²) in [4.78, 5) is 15.3. The van der Waals surface area contributed by atoms with Crippen molar-refractivity contribution in [1.82, 2.24) is 4.90 Å². The van der Waals surface area contributed by atoms with Crippen LogP contribution in [0.1, 0.15) is 11.1 Å². The highest BCUT2D eigenvalue weighted by molar-refractivity contribution is 7.98. The van der Waals surface area contributed by atoms with Gasteiger partial charge >= 0.3 is 0 Å². The summed E-state index contributed by atoms with van der Waals surface area (Å²) in [7, 11) is 1.96. The van der Waals surface area contributed by atoms with Crippen LogP contribution >= 0.6 is 11.8 Å². The van der Waals surface area contributed by atoms with Gasteiger partial charge in [-0.3, -0.25) is 9.69 Å². The highest BCUT2D eigenvalue weighted by Crippen LogP contribution is 2.24. The largest absolute Gasteiger partial charge is 0.324 e. The average molecular weight is 314 g/mol. The van der Waals surface area contributed by atoms with Gasteiger partial charge in [0.25, 0.3) is 0 Å². The molecule has 0 aliphatic carbocycles. The SMILES string of the molecule is CSc1ccccc1NC(=O)CN(C)Cc1ccccc1C. The van der Waals surface area contributed by atoms with Crippen LogP contribution in [0.3, 0.4) is 0 Å². The Morgan fingerprint density at radius 1 is 1.14 bits per heavy atom. The maximum absolute atomic E-state index is 12.2. The van der Waals surface area contributed by atoms with Crippen molar-refractivity contribution in [2.75, 3.05) is 25.2 Å². The van der Waals surface area contributed by atoms with E-state index in [2.05, 4.69) is 24.4 Å². The molecule has 1 N–H and O–H groups in total. The van der Waals surface area contributed by atoms with Crippen molar-refractivity contribution in [3.8, 4) is 0 Å². The summed E-state index contributed by atoms with van der Waals surface area (Å²) in [5.74, 6) is 0.0117. The predicted molar refractivity (Wildman–Crippen MR) is 94.4 cm³/mol. The zero-order valence-electron chi connectivity index (χ0n) is 13.3. The third-order valence-corrected chi connectivity index (χ3v) is 4.29. The number of likely N-dealkylation sites (N-methyl/N-ethyl adjacent to an activating group) is 1. The van der Waals surface area contributed by atoms with Crippen LogP contribution in [0.4, 0.5) is 5.69 Å². The molecule has 3 nitrogen and oxygen atoms in total. The van der Waals surface area contributed by atoms with Crippen LogP contribution in [0.25, 0.3) is 0 Å². The van der Waals surface area contributed by atoms with Gasteiger partial charge in [0.15, 0.2) is 0 Å². The number of amides is 1. The molecule has 0 radical (unpaired) electrons. The lowest BCUT2D eigenvalue weighted by Gasteiger charge is -2.18. The van der Waals surface area contributed by atoms with E-state index in [1.165, 1.54) is 11.1 Å². The summed E-state index contributed by atoms with van der Waals surface area (Å²) < 4.78 is 0. The molecule has 0 aromatic heterocycles. The molecule has 0 aliphatic rings. The van der Waals surface area contributed by atoms with Gasteiger partial charge in [-0.15, -0.1) is 11.8 Å². The Bertz CT molecular complexity index is 642. The van der Waals surface area contributed by atoms with Gasteiger partial charge in [0.1, 0.15) is 0 Å². The number of nitrogens with zero attached hydrogens (tertiary/aromatic N) is 1. The molecular formula is C18H22N2OS. The maximum atomic E-state index is 12.2. The molecule has 4 heteroatoms. The topological polar surface area (TPSA) is 32.3 Å². The number of thioether (sulfide) groups is 1.